The van der Waals surface area contributed by atoms with Gasteiger partial charge in [-0.1, -0.05) is 13.8 Å². The molecule has 3 rings (SSSR count). The van der Waals surface area contributed by atoms with Gasteiger partial charge < -0.3 is 26.5 Å². The predicted molar refractivity (Wildman–Crippen MR) is 124 cm³/mol. The molecule has 0 aliphatic heterocycles. The van der Waals surface area contributed by atoms with E-state index in [0.717, 1.165) is 5.69 Å². The lowest BCUT2D eigenvalue weighted by Crippen LogP contribution is -2.36. The summed E-state index contributed by atoms with van der Waals surface area (Å²) < 4.78 is 0. The van der Waals surface area contributed by atoms with Crippen molar-refractivity contribution in [1.29, 1.82) is 0 Å². The maximum Gasteiger partial charge on any atom is 0.303 e. The molecule has 0 radical (unpaired) electrons. The Labute approximate surface area is 189 Å². The topological polar surface area (TPSA) is 176 Å². The normalized spacial score (nSPS) is 12.0. The van der Waals surface area contributed by atoms with Gasteiger partial charge in [0.25, 0.3) is 5.91 Å². The molecule has 11 heteroatoms. The minimum absolute atomic E-state index is 0.00745. The zero-order valence-electron chi connectivity index (χ0n) is 18.5. The highest BCUT2D eigenvalue weighted by Gasteiger charge is 2.16. The monoisotopic (exact) mass is 453 g/mol. The second-order valence-corrected chi connectivity index (χ2v) is 8.15. The predicted octanol–water partition coefficient (Wildman–Crippen LogP) is 1.92. The summed E-state index contributed by atoms with van der Waals surface area (Å²) in [6, 6.07) is 6.68. The number of nitrogens with zero attached hydrogens (tertiary/aromatic N) is 3. The number of hydrogen-bond donors (Lipinski definition) is 5. The van der Waals surface area contributed by atoms with Crippen LogP contribution in [-0.2, 0) is 11.3 Å². The molecule has 33 heavy (non-hydrogen) atoms. The van der Waals surface area contributed by atoms with Crippen LogP contribution in [0.2, 0.25) is 0 Å². The van der Waals surface area contributed by atoms with Gasteiger partial charge in [-0.05, 0) is 43.0 Å². The fourth-order valence-electron chi connectivity index (χ4n) is 3.38. The summed E-state index contributed by atoms with van der Waals surface area (Å²) in [6.07, 6.45) is 2.62. The van der Waals surface area contributed by atoms with Crippen LogP contribution in [0.4, 0.5) is 11.6 Å². The Balaban J connectivity index is 1.61. The molecule has 3 aromatic rings. The van der Waals surface area contributed by atoms with Crippen LogP contribution in [0.3, 0.4) is 0 Å². The van der Waals surface area contributed by atoms with Crippen molar-refractivity contribution in [2.24, 2.45) is 5.92 Å². The van der Waals surface area contributed by atoms with Gasteiger partial charge in [0.1, 0.15) is 0 Å². The molecular weight excluding hydrogens is 426 g/mol. The van der Waals surface area contributed by atoms with Crippen molar-refractivity contribution >= 4 is 34.7 Å². The van der Waals surface area contributed by atoms with E-state index in [9.17, 15) is 14.4 Å². The summed E-state index contributed by atoms with van der Waals surface area (Å²) in [5, 5.41) is 15.0. The van der Waals surface area contributed by atoms with Crippen LogP contribution >= 0.6 is 0 Å². The number of carbonyl (C=O) groups is 2. The lowest BCUT2D eigenvalue weighted by Gasteiger charge is -2.20. The molecule has 0 aliphatic carbocycles. The van der Waals surface area contributed by atoms with Gasteiger partial charge >= 0.3 is 11.5 Å². The summed E-state index contributed by atoms with van der Waals surface area (Å²) in [4.78, 5) is 50.2. The Kier molecular flexibility index (Phi) is 7.54. The number of anilines is 2. The second-order valence-electron chi connectivity index (χ2n) is 8.15. The second kappa shape index (κ2) is 10.5. The van der Waals surface area contributed by atoms with Gasteiger partial charge in [0.15, 0.2) is 11.2 Å². The zero-order chi connectivity index (χ0) is 24.0. The molecule has 1 atom stereocenters. The van der Waals surface area contributed by atoms with E-state index in [1.165, 1.54) is 6.20 Å². The van der Waals surface area contributed by atoms with Crippen LogP contribution < -0.4 is 21.9 Å². The first kappa shape index (κ1) is 23.6. The van der Waals surface area contributed by atoms with Gasteiger partial charge in [0, 0.05) is 23.7 Å². The van der Waals surface area contributed by atoms with Crippen molar-refractivity contribution in [3.05, 3.63) is 52.1 Å². The molecule has 174 valence electrons. The molecule has 0 fully saturated rings. The average molecular weight is 454 g/mol. The van der Waals surface area contributed by atoms with E-state index >= 15 is 0 Å². The van der Waals surface area contributed by atoms with Crippen LogP contribution in [0.1, 0.15) is 49.2 Å². The molecule has 0 saturated heterocycles. The molecule has 6 N–H and O–H groups in total. The van der Waals surface area contributed by atoms with Crippen LogP contribution in [0.5, 0.6) is 0 Å². The molecule has 0 bridgehead atoms. The lowest BCUT2D eigenvalue weighted by molar-refractivity contribution is -0.137. The number of carbonyl (C=O) groups excluding carboxylic acids is 1. The van der Waals surface area contributed by atoms with Gasteiger partial charge in [0.05, 0.1) is 18.4 Å². The first-order chi connectivity index (χ1) is 15.7. The Morgan fingerprint density at radius 2 is 1.91 bits per heavy atom. The molecule has 1 aromatic carbocycles. The fraction of sp³-hybridized carbons (Fsp3) is 0.364. The molecule has 11 nitrogen and oxygen atoms in total. The van der Waals surface area contributed by atoms with E-state index in [-0.39, 0.29) is 35.5 Å². The molecule has 2 aromatic heterocycles. The molecule has 1 amide bonds. The Morgan fingerprint density at radius 3 is 2.58 bits per heavy atom. The molecule has 0 saturated carbocycles. The minimum Gasteiger partial charge on any atom is -0.481 e. The fourth-order valence-corrected chi connectivity index (χ4v) is 3.38. The number of nitrogens with two attached hydrogens (primary N) is 1. The summed E-state index contributed by atoms with van der Waals surface area (Å²) in [5.74, 6) is -0.815. The summed E-state index contributed by atoms with van der Waals surface area (Å²) in [5.41, 5.74) is 7.10. The number of aromatic nitrogens is 4. The highest BCUT2D eigenvalue weighted by molar-refractivity contribution is 5.94. The van der Waals surface area contributed by atoms with E-state index < -0.39 is 11.5 Å². The maximum atomic E-state index is 12.6. The number of aromatic amines is 1. The molecule has 2 heterocycles. The van der Waals surface area contributed by atoms with Crippen molar-refractivity contribution in [2.45, 2.75) is 45.7 Å². The van der Waals surface area contributed by atoms with Crippen molar-refractivity contribution in [1.82, 2.24) is 25.3 Å². The van der Waals surface area contributed by atoms with Crippen LogP contribution in [0.15, 0.2) is 35.3 Å². The number of aliphatic carboxylic acids is 1. The van der Waals surface area contributed by atoms with E-state index in [0.29, 0.717) is 36.6 Å². The number of H-pyrrole nitrogens is 1. The SMILES string of the molecule is CC(C)CC(CCC(=O)O)NC(=O)c1ccc(NCc2cnc3[nH]c(N)nc(=O)c3n2)cc1. The number of carboxylic acids is 1. The van der Waals surface area contributed by atoms with Gasteiger partial charge in [-0.15, -0.1) is 0 Å². The van der Waals surface area contributed by atoms with E-state index in [1.54, 1.807) is 24.3 Å². The van der Waals surface area contributed by atoms with Gasteiger partial charge in [-0.25, -0.2) is 9.97 Å². The Morgan fingerprint density at radius 1 is 1.18 bits per heavy atom. The van der Waals surface area contributed by atoms with Gasteiger partial charge in [-0.3, -0.25) is 14.4 Å². The highest BCUT2D eigenvalue weighted by atomic mass is 16.4. The van der Waals surface area contributed by atoms with Crippen molar-refractivity contribution < 1.29 is 14.7 Å². The van der Waals surface area contributed by atoms with E-state index in [1.807, 2.05) is 13.8 Å². The first-order valence-corrected chi connectivity index (χ1v) is 10.6. The number of nitrogens with one attached hydrogen (secondary N) is 3. The maximum absolute atomic E-state index is 12.6. The van der Waals surface area contributed by atoms with E-state index in [4.69, 9.17) is 10.8 Å². The number of rotatable bonds is 10. The van der Waals surface area contributed by atoms with Crippen LogP contribution in [0, 0.1) is 5.92 Å². The molecule has 1 unspecified atom stereocenters. The number of carboxylic acid groups (broad SMARTS) is 1. The highest BCUT2D eigenvalue weighted by Crippen LogP contribution is 2.14. The minimum atomic E-state index is -0.880. The van der Waals surface area contributed by atoms with Crippen molar-refractivity contribution in [3.8, 4) is 0 Å². The smallest absolute Gasteiger partial charge is 0.303 e. The lowest BCUT2D eigenvalue weighted by atomic mass is 9.99. The number of benzene rings is 1. The summed E-state index contributed by atoms with van der Waals surface area (Å²) >= 11 is 0. The summed E-state index contributed by atoms with van der Waals surface area (Å²) in [6.45, 7) is 4.37. The van der Waals surface area contributed by atoms with Crippen molar-refractivity contribution in [3.63, 3.8) is 0 Å². The summed E-state index contributed by atoms with van der Waals surface area (Å²) in [7, 11) is 0. The third-order valence-corrected chi connectivity index (χ3v) is 4.91. The zero-order valence-corrected chi connectivity index (χ0v) is 18.5. The Hall–Kier alpha value is -4.02. The number of hydrogen-bond acceptors (Lipinski definition) is 8. The van der Waals surface area contributed by atoms with Crippen LogP contribution in [0.25, 0.3) is 11.2 Å². The molecule has 0 aliphatic rings. The van der Waals surface area contributed by atoms with Crippen LogP contribution in [-0.4, -0.2) is 43.0 Å². The third kappa shape index (κ3) is 6.73. The standard InChI is InChI=1S/C22H27N7O4/c1-12(2)9-15(7-8-17(30)31)27-20(32)13-3-5-14(6-4-13)24-10-16-11-25-19-18(26-16)21(33)29-22(23)28-19/h3-6,11-12,15,24H,7-10H2,1-2H3,(H,27,32)(H,30,31)(H3,23,25,28,29,33). The van der Waals surface area contributed by atoms with Gasteiger partial charge in [0.2, 0.25) is 5.95 Å². The third-order valence-electron chi connectivity index (χ3n) is 4.91. The van der Waals surface area contributed by atoms with Gasteiger partial charge in [-0.2, -0.15) is 4.98 Å². The molecular formula is C22H27N7O4. The number of nitrogen functional groups attached to an aromatic ring is 1. The largest absolute Gasteiger partial charge is 0.481 e. The molecule has 0 spiro atoms. The van der Waals surface area contributed by atoms with Crippen molar-refractivity contribution in [2.75, 3.05) is 11.1 Å². The van der Waals surface area contributed by atoms with E-state index in [2.05, 4.69) is 30.6 Å². The first-order valence-electron chi connectivity index (χ1n) is 10.6. The average Bonchev–Trinajstić information content (AvgIpc) is 2.76. The Bertz CT molecular complexity index is 1190. The number of fused-ring (bicyclic) bond motifs is 1. The number of amides is 1. The quantitative estimate of drug-likeness (QED) is 0.307.